The summed E-state index contributed by atoms with van der Waals surface area (Å²) in [4.78, 5) is 16.9. The molecule has 1 aliphatic heterocycles. The summed E-state index contributed by atoms with van der Waals surface area (Å²) in [6, 6.07) is 16.1. The molecular weight excluding hydrogens is 338 g/mol. The number of rotatable bonds is 5. The maximum absolute atomic E-state index is 12.7. The first-order valence-electron chi connectivity index (χ1n) is 9.71. The average molecular weight is 367 g/mol. The van der Waals surface area contributed by atoms with Gasteiger partial charge in [0.2, 0.25) is 0 Å². The Balaban J connectivity index is 1.62. The van der Waals surface area contributed by atoms with Gasteiger partial charge < -0.3 is 19.9 Å². The van der Waals surface area contributed by atoms with E-state index in [9.17, 15) is 4.79 Å². The highest BCUT2D eigenvalue weighted by Gasteiger charge is 2.23. The zero-order valence-corrected chi connectivity index (χ0v) is 16.4. The lowest BCUT2D eigenvalue weighted by atomic mass is 10.00. The number of hydrogen-bond acceptors (Lipinski definition) is 3. The monoisotopic (exact) mass is 367 g/mol. The summed E-state index contributed by atoms with van der Waals surface area (Å²) in [5.41, 5.74) is 3.37. The van der Waals surface area contributed by atoms with Gasteiger partial charge in [-0.1, -0.05) is 44.2 Å². The van der Waals surface area contributed by atoms with Gasteiger partial charge >= 0.3 is 6.03 Å². The van der Waals surface area contributed by atoms with E-state index in [1.807, 2.05) is 36.1 Å². The first-order chi connectivity index (χ1) is 13.1. The Morgan fingerprint density at radius 3 is 2.41 bits per heavy atom. The summed E-state index contributed by atoms with van der Waals surface area (Å²) < 4.78 is 5.59. The quantitative estimate of drug-likeness (QED) is 0.842. The number of carbonyl (C=O) groups is 1. The number of urea groups is 1. The molecule has 0 radical (unpaired) electrons. The molecule has 1 fully saturated rings. The van der Waals surface area contributed by atoms with Crippen LogP contribution in [0.2, 0.25) is 0 Å². The van der Waals surface area contributed by atoms with E-state index in [1.54, 1.807) is 0 Å². The van der Waals surface area contributed by atoms with Gasteiger partial charge in [-0.25, -0.2) is 4.79 Å². The van der Waals surface area contributed by atoms with Gasteiger partial charge in [0.1, 0.15) is 5.75 Å². The van der Waals surface area contributed by atoms with Gasteiger partial charge in [0, 0.05) is 31.9 Å². The number of nitrogens with zero attached hydrogens (tertiary/aromatic N) is 2. The Bertz CT molecular complexity index is 768. The lowest BCUT2D eigenvalue weighted by molar-refractivity contribution is 0.208. The van der Waals surface area contributed by atoms with Gasteiger partial charge in [-0.15, -0.1) is 0 Å². The molecule has 0 unspecified atom stereocenters. The number of anilines is 2. The molecule has 1 aliphatic rings. The Morgan fingerprint density at radius 2 is 1.70 bits per heavy atom. The molecule has 0 atom stereocenters. The zero-order valence-electron chi connectivity index (χ0n) is 16.4. The van der Waals surface area contributed by atoms with Crippen molar-refractivity contribution < 1.29 is 9.53 Å². The third-order valence-corrected chi connectivity index (χ3v) is 4.89. The normalized spacial score (nSPS) is 14.4. The number of nitrogens with one attached hydrogen (secondary N) is 1. The fourth-order valence-corrected chi connectivity index (χ4v) is 3.46. The average Bonchev–Trinajstić information content (AvgIpc) is 2.70. The van der Waals surface area contributed by atoms with Crippen LogP contribution in [0.15, 0.2) is 48.5 Å². The van der Waals surface area contributed by atoms with Gasteiger partial charge in [0.05, 0.1) is 12.3 Å². The van der Waals surface area contributed by atoms with E-state index in [-0.39, 0.29) is 6.03 Å². The lowest BCUT2D eigenvalue weighted by Crippen LogP contribution is -2.50. The molecule has 1 saturated heterocycles. The van der Waals surface area contributed by atoms with Crippen molar-refractivity contribution in [3.05, 3.63) is 54.1 Å². The van der Waals surface area contributed by atoms with Crippen molar-refractivity contribution in [2.24, 2.45) is 0 Å². The van der Waals surface area contributed by atoms with Crippen molar-refractivity contribution in [3.63, 3.8) is 0 Å². The summed E-state index contributed by atoms with van der Waals surface area (Å²) in [5, 5.41) is 2.99. The van der Waals surface area contributed by atoms with Crippen LogP contribution in [0.1, 0.15) is 32.3 Å². The number of para-hydroxylation sites is 3. The molecule has 144 valence electrons. The first kappa shape index (κ1) is 19.1. The van der Waals surface area contributed by atoms with Crippen LogP contribution in [0.4, 0.5) is 16.2 Å². The smallest absolute Gasteiger partial charge is 0.322 e. The van der Waals surface area contributed by atoms with Crippen LogP contribution in [0.5, 0.6) is 5.75 Å². The van der Waals surface area contributed by atoms with E-state index < -0.39 is 0 Å². The first-order valence-corrected chi connectivity index (χ1v) is 9.71. The van der Waals surface area contributed by atoms with Crippen molar-refractivity contribution in [1.29, 1.82) is 0 Å². The number of benzene rings is 2. The second kappa shape index (κ2) is 8.80. The van der Waals surface area contributed by atoms with E-state index in [2.05, 4.69) is 48.3 Å². The SMILES string of the molecule is CCOc1ccccc1NC(=O)N1CCN(c2ccccc2C(C)C)CC1. The second-order valence-electron chi connectivity index (χ2n) is 7.05. The highest BCUT2D eigenvalue weighted by Crippen LogP contribution is 2.28. The zero-order chi connectivity index (χ0) is 19.2. The molecule has 3 rings (SSSR count). The molecule has 0 bridgehead atoms. The predicted octanol–water partition coefficient (Wildman–Crippen LogP) is 4.56. The Morgan fingerprint density at radius 1 is 1.04 bits per heavy atom. The number of ether oxygens (including phenoxy) is 1. The van der Waals surface area contributed by atoms with E-state index in [1.165, 1.54) is 11.3 Å². The Labute approximate surface area is 161 Å². The molecular formula is C22H29N3O2. The molecule has 2 amide bonds. The van der Waals surface area contributed by atoms with E-state index >= 15 is 0 Å². The fraction of sp³-hybridized carbons (Fsp3) is 0.409. The van der Waals surface area contributed by atoms with Gasteiger partial charge in [-0.3, -0.25) is 0 Å². The van der Waals surface area contributed by atoms with E-state index in [0.29, 0.717) is 31.4 Å². The van der Waals surface area contributed by atoms with Crippen LogP contribution < -0.4 is 15.0 Å². The lowest BCUT2D eigenvalue weighted by Gasteiger charge is -2.37. The molecule has 2 aromatic rings. The molecule has 5 nitrogen and oxygen atoms in total. The van der Waals surface area contributed by atoms with Gasteiger partial charge in [0.25, 0.3) is 0 Å². The highest BCUT2D eigenvalue weighted by atomic mass is 16.5. The summed E-state index contributed by atoms with van der Waals surface area (Å²) >= 11 is 0. The van der Waals surface area contributed by atoms with Crippen molar-refractivity contribution >= 4 is 17.4 Å². The minimum Gasteiger partial charge on any atom is -0.492 e. The van der Waals surface area contributed by atoms with Crippen LogP contribution in [-0.2, 0) is 0 Å². The third-order valence-electron chi connectivity index (χ3n) is 4.89. The van der Waals surface area contributed by atoms with Crippen LogP contribution >= 0.6 is 0 Å². The molecule has 2 aromatic carbocycles. The standard InChI is InChI=1S/C22H29N3O2/c1-4-27-21-12-8-6-10-19(21)23-22(26)25-15-13-24(14-16-25)20-11-7-5-9-18(20)17(2)3/h5-12,17H,4,13-16H2,1-3H3,(H,23,26). The minimum atomic E-state index is -0.0704. The second-order valence-corrected chi connectivity index (χ2v) is 7.05. The van der Waals surface area contributed by atoms with Crippen LogP contribution in [-0.4, -0.2) is 43.7 Å². The number of piperazine rings is 1. The maximum Gasteiger partial charge on any atom is 0.322 e. The van der Waals surface area contributed by atoms with Crippen molar-refractivity contribution in [2.45, 2.75) is 26.7 Å². The van der Waals surface area contributed by atoms with Crippen LogP contribution in [0, 0.1) is 0 Å². The summed E-state index contributed by atoms with van der Waals surface area (Å²) in [6.45, 7) is 10.0. The summed E-state index contributed by atoms with van der Waals surface area (Å²) in [7, 11) is 0. The van der Waals surface area contributed by atoms with Crippen molar-refractivity contribution in [1.82, 2.24) is 4.90 Å². The predicted molar refractivity (Wildman–Crippen MR) is 111 cm³/mol. The molecule has 0 saturated carbocycles. The topological polar surface area (TPSA) is 44.8 Å². The molecule has 1 heterocycles. The third kappa shape index (κ3) is 4.54. The van der Waals surface area contributed by atoms with E-state index in [4.69, 9.17) is 4.74 Å². The Hall–Kier alpha value is -2.69. The number of carbonyl (C=O) groups excluding carboxylic acids is 1. The van der Waals surface area contributed by atoms with Gasteiger partial charge in [-0.2, -0.15) is 0 Å². The summed E-state index contributed by atoms with van der Waals surface area (Å²) in [6.07, 6.45) is 0. The molecule has 5 heteroatoms. The number of amides is 2. The summed E-state index contributed by atoms with van der Waals surface area (Å²) in [5.74, 6) is 1.19. The molecule has 1 N–H and O–H groups in total. The fourth-order valence-electron chi connectivity index (χ4n) is 3.46. The largest absolute Gasteiger partial charge is 0.492 e. The van der Waals surface area contributed by atoms with Crippen LogP contribution in [0.3, 0.4) is 0 Å². The Kier molecular flexibility index (Phi) is 6.22. The highest BCUT2D eigenvalue weighted by molar-refractivity contribution is 5.91. The van der Waals surface area contributed by atoms with Crippen molar-refractivity contribution in [3.8, 4) is 5.75 Å². The molecule has 0 spiro atoms. The number of hydrogen-bond donors (Lipinski definition) is 1. The minimum absolute atomic E-state index is 0.0704. The maximum atomic E-state index is 12.7. The van der Waals surface area contributed by atoms with Crippen molar-refractivity contribution in [2.75, 3.05) is 43.0 Å². The molecule has 27 heavy (non-hydrogen) atoms. The molecule has 0 aliphatic carbocycles. The van der Waals surface area contributed by atoms with E-state index in [0.717, 1.165) is 18.8 Å². The van der Waals surface area contributed by atoms with Crippen LogP contribution in [0.25, 0.3) is 0 Å². The van der Waals surface area contributed by atoms with Gasteiger partial charge in [-0.05, 0) is 36.6 Å². The molecule has 0 aromatic heterocycles. The van der Waals surface area contributed by atoms with Gasteiger partial charge in [0.15, 0.2) is 0 Å².